The molecule has 1 saturated carbocycles. The molecule has 116 valence electrons. The summed E-state index contributed by atoms with van der Waals surface area (Å²) in [5.41, 5.74) is 0. The summed E-state index contributed by atoms with van der Waals surface area (Å²) in [5.74, 6) is -0.332. The molecule has 0 unspecified atom stereocenters. The summed E-state index contributed by atoms with van der Waals surface area (Å²) in [6.07, 6.45) is 5.42. The van der Waals surface area contributed by atoms with Gasteiger partial charge >= 0.3 is 12.0 Å². The Morgan fingerprint density at radius 1 is 1.48 bits per heavy atom. The molecule has 0 spiro atoms. The summed E-state index contributed by atoms with van der Waals surface area (Å²) in [6, 6.07) is -0.333. The molecule has 1 fully saturated rings. The minimum atomic E-state index is -0.992. The van der Waals surface area contributed by atoms with Gasteiger partial charge in [0.05, 0.1) is 6.54 Å². The minimum absolute atomic E-state index is 0.0187. The van der Waals surface area contributed by atoms with Crippen LogP contribution in [0.15, 0.2) is 6.33 Å². The van der Waals surface area contributed by atoms with Crippen LogP contribution in [0, 0.1) is 0 Å². The summed E-state index contributed by atoms with van der Waals surface area (Å²) >= 11 is 0. The van der Waals surface area contributed by atoms with E-state index >= 15 is 0 Å². The molecule has 0 aromatic carbocycles. The Bertz CT molecular complexity index is 496. The van der Waals surface area contributed by atoms with Crippen LogP contribution in [0.25, 0.3) is 0 Å². The van der Waals surface area contributed by atoms with Crippen LogP contribution in [0.5, 0.6) is 0 Å². The van der Waals surface area contributed by atoms with Crippen molar-refractivity contribution >= 4 is 12.0 Å². The molecule has 21 heavy (non-hydrogen) atoms. The van der Waals surface area contributed by atoms with Crippen LogP contribution in [0.1, 0.15) is 38.4 Å². The zero-order valence-electron chi connectivity index (χ0n) is 12.2. The lowest BCUT2D eigenvalue weighted by Crippen LogP contribution is -2.47. The Morgan fingerprint density at radius 2 is 2.19 bits per heavy atom. The molecule has 0 saturated heterocycles. The van der Waals surface area contributed by atoms with E-state index in [0.29, 0.717) is 5.82 Å². The molecule has 8 nitrogen and oxygen atoms in total. The number of carboxylic acid groups (broad SMARTS) is 1. The maximum atomic E-state index is 12.3. The summed E-state index contributed by atoms with van der Waals surface area (Å²) in [4.78, 5) is 24.6. The summed E-state index contributed by atoms with van der Waals surface area (Å²) < 4.78 is 1.83. The van der Waals surface area contributed by atoms with Crippen LogP contribution >= 0.6 is 0 Å². The second kappa shape index (κ2) is 7.05. The van der Waals surface area contributed by atoms with Crippen molar-refractivity contribution in [1.82, 2.24) is 25.0 Å². The normalized spacial score (nSPS) is 15.1. The SMILES string of the molecule is CCn1cnnc1CNC(=O)N(CC(=O)O)C1CCCC1. The Balaban J connectivity index is 1.96. The van der Waals surface area contributed by atoms with Crippen LogP contribution < -0.4 is 5.32 Å². The number of aliphatic carboxylic acids is 1. The van der Waals surface area contributed by atoms with Gasteiger partial charge in [-0.15, -0.1) is 10.2 Å². The zero-order chi connectivity index (χ0) is 15.2. The van der Waals surface area contributed by atoms with Crippen molar-refractivity contribution in [3.8, 4) is 0 Å². The van der Waals surface area contributed by atoms with E-state index in [1.165, 1.54) is 4.90 Å². The third-order valence-corrected chi connectivity index (χ3v) is 3.77. The number of rotatable bonds is 6. The van der Waals surface area contributed by atoms with Crippen LogP contribution in [-0.2, 0) is 17.9 Å². The van der Waals surface area contributed by atoms with Gasteiger partial charge in [0.2, 0.25) is 0 Å². The van der Waals surface area contributed by atoms with Crippen molar-refractivity contribution in [2.75, 3.05) is 6.54 Å². The van der Waals surface area contributed by atoms with Gasteiger partial charge in [0, 0.05) is 12.6 Å². The average Bonchev–Trinajstić information content (AvgIpc) is 3.12. The molecule has 0 atom stereocenters. The largest absolute Gasteiger partial charge is 0.480 e. The van der Waals surface area contributed by atoms with Gasteiger partial charge in [0.15, 0.2) is 5.82 Å². The summed E-state index contributed by atoms with van der Waals surface area (Å²) in [7, 11) is 0. The number of carbonyl (C=O) groups excluding carboxylic acids is 1. The fourth-order valence-electron chi connectivity index (χ4n) is 2.66. The zero-order valence-corrected chi connectivity index (χ0v) is 12.2. The van der Waals surface area contributed by atoms with Crippen molar-refractivity contribution in [2.45, 2.75) is 51.7 Å². The molecule has 1 aliphatic carbocycles. The van der Waals surface area contributed by atoms with E-state index in [9.17, 15) is 9.59 Å². The molecule has 8 heteroatoms. The number of amides is 2. The first-order chi connectivity index (χ1) is 10.1. The van der Waals surface area contributed by atoms with Crippen LogP contribution in [0.3, 0.4) is 0 Å². The quantitative estimate of drug-likeness (QED) is 0.810. The molecule has 1 aromatic rings. The van der Waals surface area contributed by atoms with E-state index < -0.39 is 5.97 Å². The van der Waals surface area contributed by atoms with Crippen molar-refractivity contribution in [3.63, 3.8) is 0 Å². The molecule has 0 bridgehead atoms. The standard InChI is InChI=1S/C13H21N5O3/c1-2-17-9-15-16-11(17)7-14-13(21)18(8-12(19)20)10-5-3-4-6-10/h9-10H,2-8H2,1H3,(H,14,21)(H,19,20). The Morgan fingerprint density at radius 3 is 2.81 bits per heavy atom. The van der Waals surface area contributed by atoms with E-state index in [4.69, 9.17) is 5.11 Å². The van der Waals surface area contributed by atoms with E-state index in [2.05, 4.69) is 15.5 Å². The third-order valence-electron chi connectivity index (χ3n) is 3.77. The highest BCUT2D eigenvalue weighted by molar-refractivity contribution is 5.80. The van der Waals surface area contributed by atoms with E-state index in [-0.39, 0.29) is 25.2 Å². The molecule has 1 aliphatic rings. The highest BCUT2D eigenvalue weighted by Gasteiger charge is 2.28. The van der Waals surface area contributed by atoms with Gasteiger partial charge < -0.3 is 19.9 Å². The first-order valence-electron chi connectivity index (χ1n) is 7.24. The highest BCUT2D eigenvalue weighted by Crippen LogP contribution is 2.23. The second-order valence-electron chi connectivity index (χ2n) is 5.15. The molecule has 2 amide bonds. The molecule has 0 aliphatic heterocycles. The molecule has 2 N–H and O–H groups in total. The number of aryl methyl sites for hydroxylation is 1. The fourth-order valence-corrected chi connectivity index (χ4v) is 2.66. The van der Waals surface area contributed by atoms with Gasteiger partial charge in [-0.25, -0.2) is 4.79 Å². The van der Waals surface area contributed by atoms with Crippen LogP contribution in [0.4, 0.5) is 4.79 Å². The van der Waals surface area contributed by atoms with Crippen LogP contribution in [0.2, 0.25) is 0 Å². The number of carboxylic acids is 1. The molecule has 1 aromatic heterocycles. The Labute approximate surface area is 123 Å². The van der Waals surface area contributed by atoms with Crippen molar-refractivity contribution in [2.24, 2.45) is 0 Å². The van der Waals surface area contributed by atoms with Gasteiger partial charge in [0.1, 0.15) is 12.9 Å². The Hall–Kier alpha value is -2.12. The lowest BCUT2D eigenvalue weighted by Gasteiger charge is -2.27. The highest BCUT2D eigenvalue weighted by atomic mass is 16.4. The molecule has 2 rings (SSSR count). The average molecular weight is 295 g/mol. The number of hydrogen-bond donors (Lipinski definition) is 2. The van der Waals surface area contributed by atoms with Gasteiger partial charge in [0.25, 0.3) is 0 Å². The third kappa shape index (κ3) is 3.93. The first kappa shape index (κ1) is 15.3. The predicted octanol–water partition coefficient (Wildman–Crippen LogP) is 0.837. The number of nitrogens with zero attached hydrogens (tertiary/aromatic N) is 4. The molecular weight excluding hydrogens is 274 g/mol. The van der Waals surface area contributed by atoms with Gasteiger partial charge in [-0.3, -0.25) is 4.79 Å². The monoisotopic (exact) mass is 295 g/mol. The van der Waals surface area contributed by atoms with E-state index in [0.717, 1.165) is 32.2 Å². The lowest BCUT2D eigenvalue weighted by molar-refractivity contribution is -0.138. The lowest BCUT2D eigenvalue weighted by atomic mass is 10.2. The van der Waals surface area contributed by atoms with E-state index in [1.54, 1.807) is 6.33 Å². The van der Waals surface area contributed by atoms with Crippen molar-refractivity contribution in [1.29, 1.82) is 0 Å². The maximum Gasteiger partial charge on any atom is 0.323 e. The number of carbonyl (C=O) groups is 2. The summed E-state index contributed by atoms with van der Waals surface area (Å²) in [5, 5.41) is 19.5. The first-order valence-corrected chi connectivity index (χ1v) is 7.24. The van der Waals surface area contributed by atoms with Gasteiger partial charge in [-0.1, -0.05) is 12.8 Å². The maximum absolute atomic E-state index is 12.3. The van der Waals surface area contributed by atoms with Gasteiger partial charge in [-0.05, 0) is 19.8 Å². The van der Waals surface area contributed by atoms with Crippen molar-refractivity contribution < 1.29 is 14.7 Å². The molecule has 0 radical (unpaired) electrons. The topological polar surface area (TPSA) is 100 Å². The number of urea groups is 1. The predicted molar refractivity (Wildman–Crippen MR) is 74.5 cm³/mol. The Kier molecular flexibility index (Phi) is 5.13. The smallest absolute Gasteiger partial charge is 0.323 e. The molecular formula is C13H21N5O3. The second-order valence-corrected chi connectivity index (χ2v) is 5.15. The van der Waals surface area contributed by atoms with Crippen molar-refractivity contribution in [3.05, 3.63) is 12.2 Å². The fraction of sp³-hybridized carbons (Fsp3) is 0.692. The number of nitrogens with one attached hydrogen (secondary N) is 1. The molecule has 1 heterocycles. The number of aromatic nitrogens is 3. The number of hydrogen-bond acceptors (Lipinski definition) is 4. The van der Waals surface area contributed by atoms with Crippen LogP contribution in [-0.4, -0.2) is 49.4 Å². The van der Waals surface area contributed by atoms with Gasteiger partial charge in [-0.2, -0.15) is 0 Å². The summed E-state index contributed by atoms with van der Waals surface area (Å²) in [6.45, 7) is 2.66. The van der Waals surface area contributed by atoms with E-state index in [1.807, 2.05) is 11.5 Å². The minimum Gasteiger partial charge on any atom is -0.480 e.